The Morgan fingerprint density at radius 1 is 1.45 bits per heavy atom. The zero-order chi connectivity index (χ0) is 16.4. The van der Waals surface area contributed by atoms with Crippen molar-refractivity contribution in [3.05, 3.63) is 32.9 Å². The fourth-order valence-electron chi connectivity index (χ4n) is 1.94. The fourth-order valence-corrected chi connectivity index (χ4v) is 3.25. The number of hydrogen-bond acceptors (Lipinski definition) is 5. The third kappa shape index (κ3) is 3.15. The van der Waals surface area contributed by atoms with Crippen LogP contribution in [-0.2, 0) is 11.8 Å². The molecule has 0 saturated heterocycles. The number of rotatable bonds is 4. The predicted octanol–water partition coefficient (Wildman–Crippen LogP) is 3.18. The van der Waals surface area contributed by atoms with Gasteiger partial charge in [0.05, 0.1) is 17.2 Å². The minimum Gasteiger partial charge on any atom is -0.462 e. The largest absolute Gasteiger partial charge is 0.462 e. The first-order valence-electron chi connectivity index (χ1n) is 6.62. The Bertz CT molecular complexity index is 736. The summed E-state index contributed by atoms with van der Waals surface area (Å²) in [6.07, 6.45) is 1.54. The first-order chi connectivity index (χ1) is 10.3. The summed E-state index contributed by atoms with van der Waals surface area (Å²) in [6, 6.07) is 0. The molecule has 0 aliphatic rings. The molecule has 0 aliphatic heterocycles. The Kier molecular flexibility index (Phi) is 4.87. The number of aryl methyl sites for hydroxylation is 2. The van der Waals surface area contributed by atoms with E-state index < -0.39 is 11.9 Å². The maximum atomic E-state index is 12.3. The first kappa shape index (κ1) is 16.5. The molecule has 8 heteroatoms. The Hall–Kier alpha value is -1.86. The molecule has 0 bridgehead atoms. The summed E-state index contributed by atoms with van der Waals surface area (Å²) in [5.41, 5.74) is 1.29. The molecule has 0 unspecified atom stereocenters. The minimum absolute atomic E-state index is 0.114. The topological polar surface area (TPSA) is 73.2 Å². The summed E-state index contributed by atoms with van der Waals surface area (Å²) < 4.78 is 6.50. The van der Waals surface area contributed by atoms with Gasteiger partial charge in [0.2, 0.25) is 0 Å². The predicted molar refractivity (Wildman–Crippen MR) is 85.9 cm³/mol. The van der Waals surface area contributed by atoms with Gasteiger partial charge in [-0.3, -0.25) is 9.48 Å². The highest BCUT2D eigenvalue weighted by atomic mass is 35.5. The number of anilines is 1. The van der Waals surface area contributed by atoms with Crippen LogP contribution in [0.1, 0.15) is 38.2 Å². The molecule has 1 amide bonds. The van der Waals surface area contributed by atoms with Crippen LogP contribution in [0.25, 0.3) is 0 Å². The average Bonchev–Trinajstić information content (AvgIpc) is 2.90. The zero-order valence-electron chi connectivity index (χ0n) is 12.7. The molecular formula is C14H16ClN3O3S. The van der Waals surface area contributed by atoms with Crippen LogP contribution in [0.3, 0.4) is 0 Å². The molecule has 0 spiro atoms. The molecule has 0 radical (unpaired) electrons. The number of carbonyl (C=O) groups excluding carboxylic acids is 2. The molecule has 0 fully saturated rings. The second-order valence-electron chi connectivity index (χ2n) is 4.66. The highest BCUT2D eigenvalue weighted by molar-refractivity contribution is 7.16. The smallest absolute Gasteiger partial charge is 0.341 e. The van der Waals surface area contributed by atoms with Gasteiger partial charge >= 0.3 is 5.97 Å². The van der Waals surface area contributed by atoms with E-state index in [0.717, 1.165) is 10.4 Å². The number of aromatic nitrogens is 2. The maximum Gasteiger partial charge on any atom is 0.341 e. The van der Waals surface area contributed by atoms with Crippen molar-refractivity contribution in [2.45, 2.75) is 20.8 Å². The normalized spacial score (nSPS) is 10.6. The number of thiophene rings is 1. The standard InChI is InChI=1S/C14H16ClN3O3S/c1-5-21-14(20)10-7(2)8(3)22-13(10)16-12(19)11-9(15)6-18(4)17-11/h6H,5H2,1-4H3,(H,16,19). The van der Waals surface area contributed by atoms with Crippen molar-refractivity contribution < 1.29 is 14.3 Å². The summed E-state index contributed by atoms with van der Waals surface area (Å²) in [4.78, 5) is 25.3. The third-order valence-electron chi connectivity index (χ3n) is 3.09. The molecule has 118 valence electrons. The lowest BCUT2D eigenvalue weighted by molar-refractivity contribution is 0.0527. The highest BCUT2D eigenvalue weighted by Crippen LogP contribution is 2.33. The number of esters is 1. The van der Waals surface area contributed by atoms with Crippen molar-refractivity contribution in [3.63, 3.8) is 0 Å². The lowest BCUT2D eigenvalue weighted by Gasteiger charge is -2.06. The fraction of sp³-hybridized carbons (Fsp3) is 0.357. The maximum absolute atomic E-state index is 12.3. The van der Waals surface area contributed by atoms with Gasteiger partial charge in [-0.15, -0.1) is 11.3 Å². The number of ether oxygens (including phenoxy) is 1. The van der Waals surface area contributed by atoms with Gasteiger partial charge in [0.15, 0.2) is 5.69 Å². The lowest BCUT2D eigenvalue weighted by Crippen LogP contribution is -2.16. The van der Waals surface area contributed by atoms with E-state index in [1.54, 1.807) is 14.0 Å². The van der Waals surface area contributed by atoms with Gasteiger partial charge in [-0.25, -0.2) is 4.79 Å². The van der Waals surface area contributed by atoms with Gasteiger partial charge in [0.1, 0.15) is 5.00 Å². The quantitative estimate of drug-likeness (QED) is 0.867. The van der Waals surface area contributed by atoms with Crippen LogP contribution >= 0.6 is 22.9 Å². The van der Waals surface area contributed by atoms with Crippen molar-refractivity contribution >= 4 is 39.8 Å². The molecule has 2 rings (SSSR count). The monoisotopic (exact) mass is 341 g/mol. The van der Waals surface area contributed by atoms with Crippen LogP contribution in [0.4, 0.5) is 5.00 Å². The molecule has 0 saturated carbocycles. The van der Waals surface area contributed by atoms with Gasteiger partial charge in [-0.2, -0.15) is 5.10 Å². The first-order valence-corrected chi connectivity index (χ1v) is 7.82. The molecule has 6 nitrogen and oxygen atoms in total. The van der Waals surface area contributed by atoms with Gasteiger partial charge < -0.3 is 10.1 Å². The second-order valence-corrected chi connectivity index (χ2v) is 6.29. The third-order valence-corrected chi connectivity index (χ3v) is 4.49. The lowest BCUT2D eigenvalue weighted by atomic mass is 10.1. The van der Waals surface area contributed by atoms with Gasteiger partial charge in [0, 0.05) is 18.1 Å². The number of nitrogens with one attached hydrogen (secondary N) is 1. The number of amides is 1. The van der Waals surface area contributed by atoms with Crippen molar-refractivity contribution in [2.75, 3.05) is 11.9 Å². The average molecular weight is 342 g/mol. The molecule has 1 N–H and O–H groups in total. The molecular weight excluding hydrogens is 326 g/mol. The number of nitrogens with zero attached hydrogens (tertiary/aromatic N) is 2. The van der Waals surface area contributed by atoms with E-state index in [-0.39, 0.29) is 17.3 Å². The molecule has 2 heterocycles. The molecule has 22 heavy (non-hydrogen) atoms. The Balaban J connectivity index is 2.33. The van der Waals surface area contributed by atoms with Gasteiger partial charge in [-0.1, -0.05) is 11.6 Å². The molecule has 0 atom stereocenters. The number of hydrogen-bond donors (Lipinski definition) is 1. The molecule has 0 aromatic carbocycles. The van der Waals surface area contributed by atoms with Crippen LogP contribution in [0, 0.1) is 13.8 Å². The van der Waals surface area contributed by atoms with Crippen molar-refractivity contribution in [1.29, 1.82) is 0 Å². The summed E-state index contributed by atoms with van der Waals surface area (Å²) in [6.45, 7) is 5.71. The van der Waals surface area contributed by atoms with Crippen LogP contribution in [0.15, 0.2) is 6.20 Å². The Labute approximate surface area is 137 Å². The molecule has 2 aromatic rings. The Morgan fingerprint density at radius 2 is 2.14 bits per heavy atom. The van der Waals surface area contributed by atoms with E-state index in [9.17, 15) is 9.59 Å². The molecule has 2 aromatic heterocycles. The van der Waals surface area contributed by atoms with E-state index in [1.165, 1.54) is 22.2 Å². The van der Waals surface area contributed by atoms with E-state index >= 15 is 0 Å². The summed E-state index contributed by atoms with van der Waals surface area (Å²) in [5, 5.41) is 7.41. The minimum atomic E-state index is -0.461. The van der Waals surface area contributed by atoms with E-state index in [2.05, 4.69) is 10.4 Å². The van der Waals surface area contributed by atoms with E-state index in [1.807, 2.05) is 13.8 Å². The zero-order valence-corrected chi connectivity index (χ0v) is 14.3. The summed E-state index contributed by atoms with van der Waals surface area (Å²) in [5.74, 6) is -0.913. The second kappa shape index (κ2) is 6.50. The summed E-state index contributed by atoms with van der Waals surface area (Å²) >= 11 is 7.28. The molecule has 0 aliphatic carbocycles. The van der Waals surface area contributed by atoms with Gasteiger partial charge in [0.25, 0.3) is 5.91 Å². The van der Waals surface area contributed by atoms with Crippen LogP contribution < -0.4 is 5.32 Å². The van der Waals surface area contributed by atoms with Crippen LogP contribution in [0.5, 0.6) is 0 Å². The Morgan fingerprint density at radius 3 is 2.68 bits per heavy atom. The van der Waals surface area contributed by atoms with Gasteiger partial charge in [-0.05, 0) is 26.3 Å². The van der Waals surface area contributed by atoms with Crippen molar-refractivity contribution in [3.8, 4) is 0 Å². The van der Waals surface area contributed by atoms with Crippen molar-refractivity contribution in [2.24, 2.45) is 7.05 Å². The van der Waals surface area contributed by atoms with E-state index in [0.29, 0.717) is 10.6 Å². The van der Waals surface area contributed by atoms with Crippen molar-refractivity contribution in [1.82, 2.24) is 9.78 Å². The number of halogens is 1. The SMILES string of the molecule is CCOC(=O)c1c(NC(=O)c2nn(C)cc2Cl)sc(C)c1C. The number of carbonyl (C=O) groups is 2. The van der Waals surface area contributed by atoms with Crippen LogP contribution in [-0.4, -0.2) is 28.3 Å². The highest BCUT2D eigenvalue weighted by Gasteiger charge is 2.24. The van der Waals surface area contributed by atoms with Crippen LogP contribution in [0.2, 0.25) is 5.02 Å². The summed E-state index contributed by atoms with van der Waals surface area (Å²) in [7, 11) is 1.67. The van der Waals surface area contributed by atoms with E-state index in [4.69, 9.17) is 16.3 Å².